The van der Waals surface area contributed by atoms with E-state index in [2.05, 4.69) is 4.98 Å². The lowest BCUT2D eigenvalue weighted by molar-refractivity contribution is 0.391. The Bertz CT molecular complexity index is 607. The van der Waals surface area contributed by atoms with E-state index in [1.807, 2.05) is 6.92 Å². The van der Waals surface area contributed by atoms with Crippen molar-refractivity contribution < 1.29 is 4.74 Å². The molecule has 0 aliphatic heterocycles. The Labute approximate surface area is 104 Å². The number of rotatable bonds is 3. The normalized spacial score (nSPS) is 10.8. The van der Waals surface area contributed by atoms with Gasteiger partial charge in [0.2, 0.25) is 5.88 Å². The zero-order valence-corrected chi connectivity index (χ0v) is 10.5. The van der Waals surface area contributed by atoms with Gasteiger partial charge in [0.05, 0.1) is 17.7 Å². The van der Waals surface area contributed by atoms with Crippen LogP contribution in [0.3, 0.4) is 0 Å². The summed E-state index contributed by atoms with van der Waals surface area (Å²) in [6.07, 6.45) is 3.08. The van der Waals surface area contributed by atoms with Crippen LogP contribution in [-0.4, -0.2) is 16.5 Å². The van der Waals surface area contributed by atoms with Crippen LogP contribution in [0.25, 0.3) is 5.65 Å². The van der Waals surface area contributed by atoms with Crippen LogP contribution in [0.5, 0.6) is 5.88 Å². The molecule has 5 heteroatoms. The number of ether oxygens (including phenoxy) is 1. The van der Waals surface area contributed by atoms with Gasteiger partial charge in [0.15, 0.2) is 0 Å². The molecule has 0 fully saturated rings. The van der Waals surface area contributed by atoms with Gasteiger partial charge in [-0.05, 0) is 18.6 Å². The van der Waals surface area contributed by atoms with E-state index in [4.69, 9.17) is 16.3 Å². The highest BCUT2D eigenvalue weighted by molar-refractivity contribution is 6.30. The molecule has 0 unspecified atom stereocenters. The second kappa shape index (κ2) is 4.75. The third-order valence-electron chi connectivity index (χ3n) is 2.54. The van der Waals surface area contributed by atoms with Crippen molar-refractivity contribution in [3.05, 3.63) is 39.3 Å². The van der Waals surface area contributed by atoms with Gasteiger partial charge in [0.25, 0.3) is 5.56 Å². The summed E-state index contributed by atoms with van der Waals surface area (Å²) in [5, 5.41) is 0.508. The van der Waals surface area contributed by atoms with Crippen LogP contribution < -0.4 is 10.3 Å². The van der Waals surface area contributed by atoms with Crippen molar-refractivity contribution in [3.63, 3.8) is 0 Å². The van der Waals surface area contributed by atoms with E-state index in [1.165, 1.54) is 11.5 Å². The van der Waals surface area contributed by atoms with Gasteiger partial charge in [-0.3, -0.25) is 9.20 Å². The molecule has 0 aliphatic carbocycles. The number of methoxy groups -OCH3 is 1. The van der Waals surface area contributed by atoms with Crippen LogP contribution in [0.15, 0.2) is 23.1 Å². The second-order valence-electron chi connectivity index (χ2n) is 3.73. The standard InChI is InChI=1S/C12H13ClN2O2/c1-3-4-9-11(17-2)14-10-6-5-8(13)7-15(10)12(9)16/h5-7H,3-4H2,1-2H3. The third-order valence-corrected chi connectivity index (χ3v) is 2.76. The minimum absolute atomic E-state index is 0.115. The smallest absolute Gasteiger partial charge is 0.264 e. The fourth-order valence-corrected chi connectivity index (χ4v) is 1.92. The minimum Gasteiger partial charge on any atom is -0.481 e. The Kier molecular flexibility index (Phi) is 3.33. The van der Waals surface area contributed by atoms with E-state index < -0.39 is 0 Å². The summed E-state index contributed by atoms with van der Waals surface area (Å²) in [5.74, 6) is 0.402. The fourth-order valence-electron chi connectivity index (χ4n) is 1.76. The number of nitrogens with zero attached hydrogens (tertiary/aromatic N) is 2. The Balaban J connectivity index is 2.79. The zero-order chi connectivity index (χ0) is 12.4. The number of hydrogen-bond acceptors (Lipinski definition) is 3. The largest absolute Gasteiger partial charge is 0.481 e. The molecular weight excluding hydrogens is 240 g/mol. The van der Waals surface area contributed by atoms with Crippen molar-refractivity contribution >= 4 is 17.2 Å². The molecule has 17 heavy (non-hydrogen) atoms. The van der Waals surface area contributed by atoms with Crippen LogP contribution in [0, 0.1) is 0 Å². The first kappa shape index (κ1) is 11.9. The highest BCUT2D eigenvalue weighted by atomic mass is 35.5. The van der Waals surface area contributed by atoms with Crippen molar-refractivity contribution in [1.82, 2.24) is 9.38 Å². The van der Waals surface area contributed by atoms with Gasteiger partial charge < -0.3 is 4.74 Å². The van der Waals surface area contributed by atoms with E-state index in [9.17, 15) is 4.79 Å². The van der Waals surface area contributed by atoms with Gasteiger partial charge >= 0.3 is 0 Å². The lowest BCUT2D eigenvalue weighted by atomic mass is 10.2. The molecule has 0 aliphatic rings. The highest BCUT2D eigenvalue weighted by Crippen LogP contribution is 2.16. The monoisotopic (exact) mass is 252 g/mol. The lowest BCUT2D eigenvalue weighted by Crippen LogP contribution is -2.20. The molecular formula is C12H13ClN2O2. The molecule has 2 aromatic rings. The number of halogens is 1. The average molecular weight is 253 g/mol. The van der Waals surface area contributed by atoms with E-state index in [1.54, 1.807) is 18.3 Å². The van der Waals surface area contributed by atoms with Crippen molar-refractivity contribution in [2.75, 3.05) is 7.11 Å². The quantitative estimate of drug-likeness (QED) is 0.842. The molecule has 90 valence electrons. The Morgan fingerprint density at radius 2 is 2.24 bits per heavy atom. The molecule has 0 amide bonds. The highest BCUT2D eigenvalue weighted by Gasteiger charge is 2.12. The molecule has 0 saturated carbocycles. The SMILES string of the molecule is CCCc1c(OC)nc2ccc(Cl)cn2c1=O. The van der Waals surface area contributed by atoms with E-state index in [-0.39, 0.29) is 5.56 Å². The molecule has 2 rings (SSSR count). The molecule has 2 heterocycles. The molecule has 0 aromatic carbocycles. The molecule has 0 spiro atoms. The van der Waals surface area contributed by atoms with Gasteiger partial charge in [-0.2, -0.15) is 4.98 Å². The van der Waals surface area contributed by atoms with Crippen LogP contribution in [-0.2, 0) is 6.42 Å². The topological polar surface area (TPSA) is 43.6 Å². The van der Waals surface area contributed by atoms with Gasteiger partial charge in [-0.1, -0.05) is 24.9 Å². The van der Waals surface area contributed by atoms with Crippen molar-refractivity contribution in [3.8, 4) is 5.88 Å². The Hall–Kier alpha value is -1.55. The zero-order valence-electron chi connectivity index (χ0n) is 9.74. The number of pyridine rings is 1. The fraction of sp³-hybridized carbons (Fsp3) is 0.333. The molecule has 2 aromatic heterocycles. The van der Waals surface area contributed by atoms with E-state index >= 15 is 0 Å². The first-order valence-corrected chi connectivity index (χ1v) is 5.80. The maximum absolute atomic E-state index is 12.2. The van der Waals surface area contributed by atoms with Gasteiger partial charge in [-0.15, -0.1) is 0 Å². The Morgan fingerprint density at radius 3 is 2.88 bits per heavy atom. The molecule has 0 N–H and O–H groups in total. The van der Waals surface area contributed by atoms with Crippen LogP contribution in [0.4, 0.5) is 0 Å². The third kappa shape index (κ3) is 2.13. The summed E-state index contributed by atoms with van der Waals surface area (Å²) >= 11 is 5.87. The van der Waals surface area contributed by atoms with Crippen molar-refractivity contribution in [2.24, 2.45) is 0 Å². The van der Waals surface area contributed by atoms with Crippen LogP contribution in [0.2, 0.25) is 5.02 Å². The molecule has 0 atom stereocenters. The minimum atomic E-state index is -0.115. The first-order valence-electron chi connectivity index (χ1n) is 5.42. The van der Waals surface area contributed by atoms with E-state index in [0.717, 1.165) is 6.42 Å². The number of fused-ring (bicyclic) bond motifs is 1. The maximum atomic E-state index is 12.2. The summed E-state index contributed by atoms with van der Waals surface area (Å²) < 4.78 is 6.61. The summed E-state index contributed by atoms with van der Waals surface area (Å²) in [7, 11) is 1.52. The molecule has 4 nitrogen and oxygen atoms in total. The lowest BCUT2D eigenvalue weighted by Gasteiger charge is -2.08. The average Bonchev–Trinajstić information content (AvgIpc) is 2.33. The van der Waals surface area contributed by atoms with Crippen LogP contribution in [0.1, 0.15) is 18.9 Å². The predicted octanol–water partition coefficient (Wildman–Crippen LogP) is 2.31. The maximum Gasteiger partial charge on any atom is 0.264 e. The molecule has 0 bridgehead atoms. The summed E-state index contributed by atoms with van der Waals surface area (Å²) in [5.41, 5.74) is 1.02. The summed E-state index contributed by atoms with van der Waals surface area (Å²) in [6.45, 7) is 2.01. The molecule has 0 radical (unpaired) electrons. The summed E-state index contributed by atoms with van der Waals surface area (Å²) in [4.78, 5) is 16.5. The van der Waals surface area contributed by atoms with Gasteiger partial charge in [0, 0.05) is 6.20 Å². The first-order chi connectivity index (χ1) is 8.17. The van der Waals surface area contributed by atoms with Gasteiger partial charge in [0.1, 0.15) is 5.65 Å². The Morgan fingerprint density at radius 1 is 1.47 bits per heavy atom. The molecule has 0 saturated heterocycles. The van der Waals surface area contributed by atoms with Crippen molar-refractivity contribution in [2.45, 2.75) is 19.8 Å². The van der Waals surface area contributed by atoms with Crippen molar-refractivity contribution in [1.29, 1.82) is 0 Å². The van der Waals surface area contributed by atoms with Gasteiger partial charge in [-0.25, -0.2) is 0 Å². The van der Waals surface area contributed by atoms with E-state index in [0.29, 0.717) is 28.5 Å². The second-order valence-corrected chi connectivity index (χ2v) is 4.17. The van der Waals surface area contributed by atoms with Crippen LogP contribution >= 0.6 is 11.6 Å². The summed E-state index contributed by atoms with van der Waals surface area (Å²) in [6, 6.07) is 3.39. The number of hydrogen-bond donors (Lipinski definition) is 0. The number of aromatic nitrogens is 2. The predicted molar refractivity (Wildman–Crippen MR) is 67.0 cm³/mol.